The molecule has 0 atom stereocenters. The summed E-state index contributed by atoms with van der Waals surface area (Å²) >= 11 is 0. The first kappa shape index (κ1) is 28.2. The second-order valence-corrected chi connectivity index (χ2v) is 12.5. The summed E-state index contributed by atoms with van der Waals surface area (Å²) in [7, 11) is 0. The van der Waals surface area contributed by atoms with E-state index < -0.39 is 0 Å². The van der Waals surface area contributed by atoms with Crippen LogP contribution in [-0.4, -0.2) is 19.5 Å². The molecule has 0 amide bonds. The first-order valence-corrected chi connectivity index (χ1v) is 16.7. The smallest absolute Gasteiger partial charge is 0.164 e. The zero-order valence-electron chi connectivity index (χ0n) is 26.9. The van der Waals surface area contributed by atoms with Gasteiger partial charge in [-0.2, -0.15) is 0 Å². The van der Waals surface area contributed by atoms with Crippen LogP contribution >= 0.6 is 0 Å². The maximum atomic E-state index is 6.59. The summed E-state index contributed by atoms with van der Waals surface area (Å²) < 4.78 is 8.94. The van der Waals surface area contributed by atoms with Gasteiger partial charge in [0.2, 0.25) is 0 Å². The molecule has 234 valence electrons. The first-order valence-electron chi connectivity index (χ1n) is 16.7. The maximum Gasteiger partial charge on any atom is 0.164 e. The van der Waals surface area contributed by atoms with Crippen molar-refractivity contribution >= 4 is 43.7 Å². The van der Waals surface area contributed by atoms with Crippen molar-refractivity contribution in [2.45, 2.75) is 0 Å². The van der Waals surface area contributed by atoms with Crippen LogP contribution in [0.25, 0.3) is 94.7 Å². The Hall–Kier alpha value is -6.85. The second-order valence-electron chi connectivity index (χ2n) is 12.5. The molecule has 10 aromatic rings. The molecule has 0 saturated carbocycles. The van der Waals surface area contributed by atoms with Gasteiger partial charge >= 0.3 is 0 Å². The minimum absolute atomic E-state index is 0.587. The Labute approximate surface area is 287 Å². The third kappa shape index (κ3) is 4.60. The summed E-state index contributed by atoms with van der Waals surface area (Å²) in [4.78, 5) is 15.0. The predicted octanol–water partition coefficient (Wildman–Crippen LogP) is 11.5. The number of furan rings is 1. The fraction of sp³-hybridized carbons (Fsp3) is 0. The summed E-state index contributed by atoms with van der Waals surface area (Å²) in [5.74, 6) is 1.82. The van der Waals surface area contributed by atoms with Crippen molar-refractivity contribution in [3.63, 3.8) is 0 Å². The lowest BCUT2D eigenvalue weighted by Crippen LogP contribution is -2.00. The molecule has 7 aromatic carbocycles. The van der Waals surface area contributed by atoms with Crippen LogP contribution in [0.2, 0.25) is 0 Å². The minimum Gasteiger partial charge on any atom is -0.456 e. The molecule has 0 saturated heterocycles. The monoisotopic (exact) mass is 640 g/mol. The topological polar surface area (TPSA) is 56.7 Å². The summed E-state index contributed by atoms with van der Waals surface area (Å²) in [5.41, 5.74) is 9.97. The Morgan fingerprint density at radius 1 is 0.360 bits per heavy atom. The van der Waals surface area contributed by atoms with Crippen molar-refractivity contribution in [3.05, 3.63) is 170 Å². The first-order chi connectivity index (χ1) is 24.8. The molecule has 3 heterocycles. The number of rotatable bonds is 5. The summed E-state index contributed by atoms with van der Waals surface area (Å²) in [5, 5.41) is 4.56. The van der Waals surface area contributed by atoms with E-state index in [0.29, 0.717) is 17.5 Å². The summed E-state index contributed by atoms with van der Waals surface area (Å²) in [6.07, 6.45) is 0. The van der Waals surface area contributed by atoms with Crippen molar-refractivity contribution in [3.8, 4) is 51.0 Å². The van der Waals surface area contributed by atoms with E-state index in [9.17, 15) is 0 Å². The number of hydrogen-bond acceptors (Lipinski definition) is 4. The normalized spacial score (nSPS) is 11.6. The van der Waals surface area contributed by atoms with Crippen LogP contribution in [-0.2, 0) is 0 Å². The molecule has 0 radical (unpaired) electrons. The van der Waals surface area contributed by atoms with E-state index >= 15 is 0 Å². The van der Waals surface area contributed by atoms with Gasteiger partial charge in [-0.1, -0.05) is 127 Å². The van der Waals surface area contributed by atoms with Gasteiger partial charge in [0, 0.05) is 32.8 Å². The van der Waals surface area contributed by atoms with Gasteiger partial charge in [0.15, 0.2) is 17.5 Å². The fourth-order valence-electron chi connectivity index (χ4n) is 7.13. The fourth-order valence-corrected chi connectivity index (χ4v) is 7.13. The number of benzene rings is 7. The van der Waals surface area contributed by atoms with Gasteiger partial charge in [0.05, 0.1) is 22.1 Å². The third-order valence-electron chi connectivity index (χ3n) is 9.45. The lowest BCUT2D eigenvalue weighted by atomic mass is 10.0. The number of hydrogen-bond donors (Lipinski definition) is 0. The summed E-state index contributed by atoms with van der Waals surface area (Å²) in [6, 6.07) is 58.5. The molecule has 0 bridgehead atoms. The van der Waals surface area contributed by atoms with Crippen LogP contribution in [0.1, 0.15) is 0 Å². The highest BCUT2D eigenvalue weighted by Gasteiger charge is 2.19. The molecule has 50 heavy (non-hydrogen) atoms. The molecule has 10 rings (SSSR count). The number of para-hydroxylation sites is 2. The molecule has 5 nitrogen and oxygen atoms in total. The van der Waals surface area contributed by atoms with Gasteiger partial charge in [-0.3, -0.25) is 0 Å². The van der Waals surface area contributed by atoms with Gasteiger partial charge in [-0.15, -0.1) is 0 Å². The predicted molar refractivity (Wildman–Crippen MR) is 203 cm³/mol. The van der Waals surface area contributed by atoms with Crippen LogP contribution < -0.4 is 0 Å². The van der Waals surface area contributed by atoms with Crippen LogP contribution in [0.15, 0.2) is 174 Å². The second kappa shape index (κ2) is 11.4. The van der Waals surface area contributed by atoms with Crippen LogP contribution in [0, 0.1) is 0 Å². The third-order valence-corrected chi connectivity index (χ3v) is 9.45. The molecule has 0 N–H and O–H groups in total. The molecule has 0 aliphatic heterocycles. The van der Waals surface area contributed by atoms with Crippen molar-refractivity contribution in [2.75, 3.05) is 0 Å². The zero-order valence-corrected chi connectivity index (χ0v) is 26.9. The number of nitrogens with zero attached hydrogens (tertiary/aromatic N) is 4. The molecular formula is C45H28N4O. The Bertz CT molecular complexity index is 2820. The average Bonchev–Trinajstić information content (AvgIpc) is 3.74. The van der Waals surface area contributed by atoms with Gasteiger partial charge in [0.25, 0.3) is 0 Å². The van der Waals surface area contributed by atoms with Gasteiger partial charge in [0.1, 0.15) is 11.2 Å². The number of aromatic nitrogens is 4. The Kier molecular flexibility index (Phi) is 6.42. The maximum absolute atomic E-state index is 6.59. The molecular weight excluding hydrogens is 613 g/mol. The molecule has 3 aromatic heterocycles. The van der Waals surface area contributed by atoms with Gasteiger partial charge in [-0.05, 0) is 53.6 Å². The van der Waals surface area contributed by atoms with Crippen LogP contribution in [0.4, 0.5) is 0 Å². The van der Waals surface area contributed by atoms with Crippen molar-refractivity contribution in [2.24, 2.45) is 0 Å². The van der Waals surface area contributed by atoms with Gasteiger partial charge < -0.3 is 8.98 Å². The Morgan fingerprint density at radius 3 is 1.60 bits per heavy atom. The zero-order chi connectivity index (χ0) is 33.0. The van der Waals surface area contributed by atoms with Crippen LogP contribution in [0.5, 0.6) is 0 Å². The quantitative estimate of drug-likeness (QED) is 0.188. The van der Waals surface area contributed by atoms with E-state index in [-0.39, 0.29) is 0 Å². The van der Waals surface area contributed by atoms with Crippen LogP contribution in [0.3, 0.4) is 0 Å². The highest BCUT2D eigenvalue weighted by molar-refractivity contribution is 6.14. The molecule has 0 spiro atoms. The van der Waals surface area contributed by atoms with Crippen molar-refractivity contribution in [1.82, 2.24) is 19.5 Å². The Balaban J connectivity index is 1.15. The van der Waals surface area contributed by atoms with Gasteiger partial charge in [-0.25, -0.2) is 15.0 Å². The number of fused-ring (bicyclic) bond motifs is 6. The highest BCUT2D eigenvalue weighted by Crippen LogP contribution is 2.39. The van der Waals surface area contributed by atoms with Crippen molar-refractivity contribution in [1.29, 1.82) is 0 Å². The van der Waals surface area contributed by atoms with Crippen molar-refractivity contribution < 1.29 is 4.42 Å². The highest BCUT2D eigenvalue weighted by atomic mass is 16.3. The van der Waals surface area contributed by atoms with E-state index in [2.05, 4.69) is 132 Å². The van der Waals surface area contributed by atoms with E-state index in [0.717, 1.165) is 66.5 Å². The largest absolute Gasteiger partial charge is 0.456 e. The minimum atomic E-state index is 0.587. The standard InChI is InChI=1S/C45H28N4O/c1-3-13-29(14-4-1)31-17-11-18-32(27-31)44-46-43(30-15-5-2-6-16-30)47-45(48-44)33-25-26-36-41(28-33)50-40-24-12-23-39(42(36)40)49-37-21-9-7-19-34(37)35-20-8-10-22-38(35)49/h1-28H. The molecule has 0 fully saturated rings. The van der Waals surface area contributed by atoms with E-state index in [1.807, 2.05) is 42.5 Å². The van der Waals surface area contributed by atoms with E-state index in [4.69, 9.17) is 19.4 Å². The molecule has 0 unspecified atom stereocenters. The molecule has 0 aliphatic rings. The van der Waals surface area contributed by atoms with E-state index in [1.54, 1.807) is 0 Å². The molecule has 0 aliphatic carbocycles. The summed E-state index contributed by atoms with van der Waals surface area (Å²) in [6.45, 7) is 0. The SMILES string of the molecule is c1ccc(-c2cccc(-c3nc(-c4ccccc4)nc(-c4ccc5c(c4)oc4cccc(-n6c7ccccc7c7ccccc76)c45)n3)c2)cc1. The lowest BCUT2D eigenvalue weighted by Gasteiger charge is -2.10. The lowest BCUT2D eigenvalue weighted by molar-refractivity contribution is 0.669. The molecule has 5 heteroatoms. The van der Waals surface area contributed by atoms with E-state index in [1.165, 1.54) is 10.8 Å². The average molecular weight is 641 g/mol. The Morgan fingerprint density at radius 2 is 0.900 bits per heavy atom.